The second-order valence-corrected chi connectivity index (χ2v) is 1.56. The normalized spacial score (nSPS) is 9.40. The first-order chi connectivity index (χ1) is 4.84. The van der Waals surface area contributed by atoms with E-state index < -0.39 is 5.82 Å². The lowest BCUT2D eigenvalue weighted by Gasteiger charge is -1.99. The van der Waals surface area contributed by atoms with E-state index in [4.69, 9.17) is 4.74 Å². The molecule has 0 aliphatic heterocycles. The number of halogens is 1. The van der Waals surface area contributed by atoms with Crippen LogP contribution in [0.25, 0.3) is 0 Å². The van der Waals surface area contributed by atoms with Crippen molar-refractivity contribution in [2.45, 2.75) is 6.92 Å². The molecule has 0 amide bonds. The van der Waals surface area contributed by atoms with Crippen LogP contribution in [-0.4, -0.2) is 16.6 Å². The molecule has 0 saturated carbocycles. The summed E-state index contributed by atoms with van der Waals surface area (Å²) in [7, 11) is 0. The summed E-state index contributed by atoms with van der Waals surface area (Å²) in [4.78, 5) is 6.77. The van der Waals surface area contributed by atoms with Crippen LogP contribution in [0.5, 0.6) is 5.88 Å². The molecule has 1 rings (SSSR count). The molecule has 0 bridgehead atoms. The summed E-state index contributed by atoms with van der Waals surface area (Å²) in [6.45, 7) is 2.14. The minimum Gasteiger partial charge on any atom is -0.476 e. The van der Waals surface area contributed by atoms with Crippen molar-refractivity contribution in [1.82, 2.24) is 9.97 Å². The van der Waals surface area contributed by atoms with Crippen molar-refractivity contribution >= 4 is 0 Å². The van der Waals surface area contributed by atoms with Crippen LogP contribution in [0.2, 0.25) is 0 Å². The molecule has 1 aromatic rings. The fourth-order valence-corrected chi connectivity index (χ4v) is 0.506. The highest BCUT2D eigenvalue weighted by molar-refractivity contribution is 5.07. The van der Waals surface area contributed by atoms with E-state index in [2.05, 4.69) is 16.3 Å². The van der Waals surface area contributed by atoms with Crippen molar-refractivity contribution in [3.63, 3.8) is 0 Å². The second kappa shape index (κ2) is 3.10. The third-order valence-electron chi connectivity index (χ3n) is 0.873. The van der Waals surface area contributed by atoms with Crippen LogP contribution >= 0.6 is 0 Å². The Morgan fingerprint density at radius 2 is 2.60 bits per heavy atom. The molecule has 0 saturated heterocycles. The maximum Gasteiger partial charge on any atom is 0.254 e. The molecular weight excluding hydrogens is 135 g/mol. The van der Waals surface area contributed by atoms with E-state index in [1.165, 1.54) is 0 Å². The maximum atomic E-state index is 12.5. The van der Waals surface area contributed by atoms with Crippen molar-refractivity contribution in [3.05, 3.63) is 18.3 Å². The zero-order chi connectivity index (χ0) is 7.40. The topological polar surface area (TPSA) is 35.0 Å². The van der Waals surface area contributed by atoms with Crippen LogP contribution in [0.15, 0.2) is 6.20 Å². The smallest absolute Gasteiger partial charge is 0.254 e. The summed E-state index contributed by atoms with van der Waals surface area (Å²) in [6, 6.07) is 0. The summed E-state index contributed by atoms with van der Waals surface area (Å²) in [5.41, 5.74) is 0. The number of rotatable bonds is 2. The van der Waals surface area contributed by atoms with Crippen molar-refractivity contribution in [2.75, 3.05) is 6.61 Å². The Bertz CT molecular complexity index is 217. The molecule has 10 heavy (non-hydrogen) atoms. The largest absolute Gasteiger partial charge is 0.476 e. The molecule has 4 heteroatoms. The van der Waals surface area contributed by atoms with E-state index in [1.54, 1.807) is 6.92 Å². The zero-order valence-corrected chi connectivity index (χ0v) is 5.47. The quantitative estimate of drug-likeness (QED) is 0.611. The Hall–Kier alpha value is -1.19. The molecule has 0 aromatic carbocycles. The lowest BCUT2D eigenvalue weighted by atomic mass is 10.6. The van der Waals surface area contributed by atoms with Gasteiger partial charge in [-0.3, -0.25) is 0 Å². The molecule has 0 atom stereocenters. The van der Waals surface area contributed by atoms with E-state index in [1.807, 2.05) is 0 Å². The monoisotopic (exact) mass is 141 g/mol. The average Bonchev–Trinajstić information content (AvgIpc) is 1.94. The lowest BCUT2D eigenvalue weighted by Crippen LogP contribution is -1.97. The van der Waals surface area contributed by atoms with Crippen LogP contribution in [0, 0.1) is 12.1 Å². The fourth-order valence-electron chi connectivity index (χ4n) is 0.506. The van der Waals surface area contributed by atoms with Gasteiger partial charge in [0, 0.05) is 0 Å². The summed E-state index contributed by atoms with van der Waals surface area (Å²) < 4.78 is 17.3. The number of nitrogens with zero attached hydrogens (tertiary/aromatic N) is 2. The number of ether oxygens (including phenoxy) is 1. The average molecular weight is 141 g/mol. The Kier molecular flexibility index (Phi) is 2.15. The van der Waals surface area contributed by atoms with Gasteiger partial charge in [-0.25, -0.2) is 4.98 Å². The number of hydrogen-bond acceptors (Lipinski definition) is 3. The third kappa shape index (κ3) is 1.40. The first kappa shape index (κ1) is 6.92. The summed E-state index contributed by atoms with van der Waals surface area (Å²) in [5.74, 6) is -0.599. The second-order valence-electron chi connectivity index (χ2n) is 1.56. The van der Waals surface area contributed by atoms with Gasteiger partial charge in [-0.1, -0.05) is 0 Å². The summed E-state index contributed by atoms with van der Waals surface area (Å²) >= 11 is 0. The van der Waals surface area contributed by atoms with Gasteiger partial charge < -0.3 is 4.74 Å². The Balaban J connectivity index is 2.81. The fraction of sp³-hybridized carbons (Fsp3) is 0.333. The first-order valence-corrected chi connectivity index (χ1v) is 2.86. The van der Waals surface area contributed by atoms with Gasteiger partial charge in [-0.05, 0) is 6.92 Å². The molecule has 1 aromatic heterocycles. The first-order valence-electron chi connectivity index (χ1n) is 2.86. The lowest BCUT2D eigenvalue weighted by molar-refractivity contribution is 0.305. The van der Waals surface area contributed by atoms with Crippen molar-refractivity contribution < 1.29 is 9.13 Å². The highest BCUT2D eigenvalue weighted by Crippen LogP contribution is 2.08. The van der Waals surface area contributed by atoms with Crippen molar-refractivity contribution in [2.24, 2.45) is 0 Å². The van der Waals surface area contributed by atoms with Crippen LogP contribution < -0.4 is 4.74 Å². The van der Waals surface area contributed by atoms with Gasteiger partial charge >= 0.3 is 0 Å². The van der Waals surface area contributed by atoms with Crippen LogP contribution in [0.1, 0.15) is 6.92 Å². The minimum atomic E-state index is -0.555. The van der Waals surface area contributed by atoms with E-state index in [9.17, 15) is 4.39 Å². The van der Waals surface area contributed by atoms with Gasteiger partial charge in [-0.2, -0.15) is 9.37 Å². The van der Waals surface area contributed by atoms with Crippen molar-refractivity contribution in [3.8, 4) is 5.88 Å². The highest BCUT2D eigenvalue weighted by Gasteiger charge is 2.01. The molecule has 53 valence electrons. The predicted molar refractivity (Wildman–Crippen MR) is 32.0 cm³/mol. The van der Waals surface area contributed by atoms with Gasteiger partial charge in [-0.15, -0.1) is 0 Å². The van der Waals surface area contributed by atoms with Gasteiger partial charge in [0.1, 0.15) is 0 Å². The van der Waals surface area contributed by atoms with Crippen LogP contribution in [-0.2, 0) is 0 Å². The molecule has 0 unspecified atom stereocenters. The molecule has 0 spiro atoms. The Morgan fingerprint density at radius 1 is 1.80 bits per heavy atom. The standard InChI is InChI=1S/C6H6FN2O/c1-2-10-6-5(7)3-8-4-9-6/h3H,2H2,1H3. The Labute approximate surface area is 57.9 Å². The molecule has 0 aliphatic carbocycles. The molecule has 0 aliphatic rings. The van der Waals surface area contributed by atoms with Gasteiger partial charge in [0.05, 0.1) is 12.8 Å². The minimum absolute atomic E-state index is 0.0440. The van der Waals surface area contributed by atoms with Crippen LogP contribution in [0.3, 0.4) is 0 Å². The molecule has 3 nitrogen and oxygen atoms in total. The summed E-state index contributed by atoms with van der Waals surface area (Å²) in [6.07, 6.45) is 3.23. The third-order valence-corrected chi connectivity index (χ3v) is 0.873. The Morgan fingerprint density at radius 3 is 3.20 bits per heavy atom. The van der Waals surface area contributed by atoms with E-state index in [-0.39, 0.29) is 5.88 Å². The maximum absolute atomic E-state index is 12.5. The summed E-state index contributed by atoms with van der Waals surface area (Å²) in [5, 5.41) is 0. The molecule has 1 heterocycles. The molecule has 0 fully saturated rings. The van der Waals surface area contributed by atoms with Gasteiger partial charge in [0.15, 0.2) is 0 Å². The molecular formula is C6H6FN2O. The van der Waals surface area contributed by atoms with Gasteiger partial charge in [0.2, 0.25) is 12.1 Å². The van der Waals surface area contributed by atoms with Gasteiger partial charge in [0.25, 0.3) is 5.88 Å². The number of aromatic nitrogens is 2. The van der Waals surface area contributed by atoms with Crippen LogP contribution in [0.4, 0.5) is 4.39 Å². The molecule has 1 radical (unpaired) electrons. The highest BCUT2D eigenvalue weighted by atomic mass is 19.1. The zero-order valence-electron chi connectivity index (χ0n) is 5.47. The predicted octanol–water partition coefficient (Wildman–Crippen LogP) is 0.815. The van der Waals surface area contributed by atoms with E-state index in [0.29, 0.717) is 6.61 Å². The number of hydrogen-bond donors (Lipinski definition) is 0. The van der Waals surface area contributed by atoms with Crippen molar-refractivity contribution in [1.29, 1.82) is 0 Å². The molecule has 0 N–H and O–H groups in total. The SMILES string of the molecule is CCOc1n[c]ncc1F. The van der Waals surface area contributed by atoms with E-state index in [0.717, 1.165) is 6.20 Å². The van der Waals surface area contributed by atoms with E-state index >= 15 is 0 Å².